The van der Waals surface area contributed by atoms with Crippen LogP contribution in [0, 0.1) is 17.0 Å². The fourth-order valence-corrected chi connectivity index (χ4v) is 5.36. The van der Waals surface area contributed by atoms with E-state index in [-0.39, 0.29) is 26.1 Å². The van der Waals surface area contributed by atoms with Gasteiger partial charge in [0.15, 0.2) is 4.90 Å². The number of nitrogens with two attached hydrogens (primary N) is 1. The van der Waals surface area contributed by atoms with Crippen molar-refractivity contribution < 1.29 is 26.7 Å². The number of rotatable bonds is 7. The number of benzene rings is 2. The van der Waals surface area contributed by atoms with E-state index < -0.39 is 37.9 Å². The van der Waals surface area contributed by atoms with Crippen molar-refractivity contribution in [1.29, 1.82) is 0 Å². The average Bonchev–Trinajstić information content (AvgIpc) is 2.67. The van der Waals surface area contributed by atoms with Gasteiger partial charge in [0, 0.05) is 24.9 Å². The van der Waals surface area contributed by atoms with E-state index in [0.717, 1.165) is 22.5 Å². The Kier molecular flexibility index (Phi) is 6.18. The van der Waals surface area contributed by atoms with Crippen LogP contribution in [-0.4, -0.2) is 38.3 Å². The van der Waals surface area contributed by atoms with Gasteiger partial charge >= 0.3 is 0 Å². The molecule has 0 unspecified atom stereocenters. The molecule has 0 bridgehead atoms. The van der Waals surface area contributed by atoms with Gasteiger partial charge in [0.1, 0.15) is 17.4 Å². The third-order valence-corrected chi connectivity index (χ3v) is 6.88. The number of ether oxygens (including phenoxy) is 1. The first-order chi connectivity index (χ1) is 13.7. The molecule has 1 saturated heterocycles. The van der Waals surface area contributed by atoms with Crippen LogP contribution < -0.4 is 10.5 Å². The molecule has 0 spiro atoms. The lowest BCUT2D eigenvalue weighted by atomic mass is 9.78. The predicted octanol–water partition coefficient (Wildman–Crippen LogP) is 2.69. The van der Waals surface area contributed by atoms with Crippen LogP contribution in [0.15, 0.2) is 53.4 Å². The lowest BCUT2D eigenvalue weighted by Crippen LogP contribution is -2.50. The van der Waals surface area contributed by atoms with Crippen molar-refractivity contribution in [1.82, 2.24) is 4.31 Å². The third kappa shape index (κ3) is 4.73. The van der Waals surface area contributed by atoms with Crippen LogP contribution in [0.3, 0.4) is 0 Å². The van der Waals surface area contributed by atoms with E-state index in [1.54, 1.807) is 24.3 Å². The summed E-state index contributed by atoms with van der Waals surface area (Å²) in [5, 5.41) is 0. The molecule has 2 aromatic carbocycles. The average molecular weight is 424 g/mol. The largest absolute Gasteiger partial charge is 0.493 e. The van der Waals surface area contributed by atoms with Crippen molar-refractivity contribution in [3.63, 3.8) is 0 Å². The number of sulfonamides is 1. The molecule has 0 radical (unpaired) electrons. The molecule has 0 saturated carbocycles. The topological polar surface area (TPSA) is 89.7 Å². The first kappa shape index (κ1) is 21.2. The van der Waals surface area contributed by atoms with Crippen LogP contribution in [0.5, 0.6) is 5.75 Å². The monoisotopic (exact) mass is 424 g/mol. The van der Waals surface area contributed by atoms with E-state index >= 15 is 0 Å². The number of halogens is 2. The van der Waals surface area contributed by atoms with Crippen molar-refractivity contribution in [2.45, 2.75) is 24.2 Å². The van der Waals surface area contributed by atoms with Crippen LogP contribution in [0.2, 0.25) is 0 Å². The minimum absolute atomic E-state index is 0.0473. The first-order valence-electron chi connectivity index (χ1n) is 9.14. The fraction of sp³-hybridized carbons (Fsp3) is 0.350. The van der Waals surface area contributed by atoms with Crippen molar-refractivity contribution >= 4 is 15.9 Å². The van der Waals surface area contributed by atoms with Crippen molar-refractivity contribution in [3.8, 4) is 5.75 Å². The molecule has 6 nitrogen and oxygen atoms in total. The summed E-state index contributed by atoms with van der Waals surface area (Å²) >= 11 is 0. The summed E-state index contributed by atoms with van der Waals surface area (Å²) in [5.74, 6) is -2.34. The van der Waals surface area contributed by atoms with Crippen molar-refractivity contribution in [2.24, 2.45) is 11.1 Å². The molecule has 1 heterocycles. The van der Waals surface area contributed by atoms with Gasteiger partial charge in [-0.05, 0) is 37.1 Å². The van der Waals surface area contributed by atoms with Crippen LogP contribution in [0.1, 0.15) is 19.3 Å². The van der Waals surface area contributed by atoms with E-state index in [0.29, 0.717) is 18.6 Å². The van der Waals surface area contributed by atoms with Crippen molar-refractivity contribution in [2.75, 3.05) is 19.7 Å². The molecule has 156 valence electrons. The number of piperidine rings is 1. The summed E-state index contributed by atoms with van der Waals surface area (Å²) in [5.41, 5.74) is 4.51. The Morgan fingerprint density at radius 3 is 2.38 bits per heavy atom. The normalized spacial score (nSPS) is 20.3. The molecule has 1 fully saturated rings. The Balaban J connectivity index is 1.89. The highest BCUT2D eigenvalue weighted by Gasteiger charge is 2.43. The SMILES string of the molecule is NC(=O)C[C@]1(COc2ccccc2)CCCN(S(=O)(=O)c2c(F)cccc2F)C1. The third-order valence-electron chi connectivity index (χ3n) is 4.98. The van der Waals surface area contributed by atoms with Gasteiger partial charge in [-0.1, -0.05) is 24.3 Å². The molecule has 29 heavy (non-hydrogen) atoms. The second kappa shape index (κ2) is 8.46. The number of carbonyl (C=O) groups excluding carboxylic acids is 1. The predicted molar refractivity (Wildman–Crippen MR) is 103 cm³/mol. The number of amides is 1. The number of hydrogen-bond acceptors (Lipinski definition) is 4. The van der Waals surface area contributed by atoms with E-state index in [1.165, 1.54) is 0 Å². The van der Waals surface area contributed by atoms with Gasteiger partial charge in [0.25, 0.3) is 0 Å². The number of para-hydroxylation sites is 1. The van der Waals surface area contributed by atoms with Gasteiger partial charge in [0.05, 0.1) is 6.61 Å². The molecular weight excluding hydrogens is 402 g/mol. The molecule has 2 aromatic rings. The minimum Gasteiger partial charge on any atom is -0.493 e. The summed E-state index contributed by atoms with van der Waals surface area (Å²) < 4.78 is 61.0. The minimum atomic E-state index is -4.44. The molecule has 1 atom stereocenters. The number of carbonyl (C=O) groups is 1. The quantitative estimate of drug-likeness (QED) is 0.740. The Morgan fingerprint density at radius 1 is 1.10 bits per heavy atom. The van der Waals surface area contributed by atoms with Gasteiger partial charge in [-0.25, -0.2) is 17.2 Å². The Bertz CT molecular complexity index is 965. The highest BCUT2D eigenvalue weighted by Crippen LogP contribution is 2.37. The zero-order valence-electron chi connectivity index (χ0n) is 15.7. The fourth-order valence-electron chi connectivity index (χ4n) is 3.66. The first-order valence-corrected chi connectivity index (χ1v) is 10.6. The van der Waals surface area contributed by atoms with Crippen LogP contribution in [0.25, 0.3) is 0 Å². The van der Waals surface area contributed by atoms with Gasteiger partial charge in [-0.2, -0.15) is 4.31 Å². The summed E-state index contributed by atoms with van der Waals surface area (Å²) in [7, 11) is -4.44. The maximum absolute atomic E-state index is 14.1. The lowest BCUT2D eigenvalue weighted by molar-refractivity contribution is -0.121. The van der Waals surface area contributed by atoms with Gasteiger partial charge in [-0.3, -0.25) is 4.79 Å². The zero-order chi connectivity index (χ0) is 21.1. The smallest absolute Gasteiger partial charge is 0.248 e. The van der Waals surface area contributed by atoms with E-state index in [9.17, 15) is 22.0 Å². The summed E-state index contributed by atoms with van der Waals surface area (Å²) in [6.45, 7) is 0.00651. The Hall–Kier alpha value is -2.52. The summed E-state index contributed by atoms with van der Waals surface area (Å²) in [6.07, 6.45) is 0.793. The molecule has 3 rings (SSSR count). The molecule has 0 aliphatic carbocycles. The standard InChI is InChI=1S/C20H22F2N2O4S/c21-16-8-4-9-17(22)19(16)29(26,27)24-11-5-10-20(13-24,12-18(23)25)14-28-15-6-2-1-3-7-15/h1-4,6-9H,5,10-14H2,(H2,23,25)/t20-/m1/s1. The summed E-state index contributed by atoms with van der Waals surface area (Å²) in [4.78, 5) is 10.7. The maximum Gasteiger partial charge on any atom is 0.248 e. The zero-order valence-corrected chi connectivity index (χ0v) is 16.5. The van der Waals surface area contributed by atoms with Crippen molar-refractivity contribution in [3.05, 3.63) is 60.2 Å². The molecule has 9 heteroatoms. The second-order valence-corrected chi connectivity index (χ2v) is 9.11. The highest BCUT2D eigenvalue weighted by atomic mass is 32.2. The lowest BCUT2D eigenvalue weighted by Gasteiger charge is -2.41. The Morgan fingerprint density at radius 2 is 1.76 bits per heavy atom. The van der Waals surface area contributed by atoms with E-state index in [1.807, 2.05) is 6.07 Å². The maximum atomic E-state index is 14.1. The number of hydrogen-bond donors (Lipinski definition) is 1. The highest BCUT2D eigenvalue weighted by molar-refractivity contribution is 7.89. The number of primary amides is 1. The molecular formula is C20H22F2N2O4S. The van der Waals surface area contributed by atoms with Gasteiger partial charge < -0.3 is 10.5 Å². The second-order valence-electron chi connectivity index (χ2n) is 7.24. The van der Waals surface area contributed by atoms with Crippen LogP contribution >= 0.6 is 0 Å². The van der Waals surface area contributed by atoms with Gasteiger partial charge in [-0.15, -0.1) is 0 Å². The molecule has 1 amide bonds. The van der Waals surface area contributed by atoms with E-state index in [4.69, 9.17) is 10.5 Å². The van der Waals surface area contributed by atoms with Crippen LogP contribution in [-0.2, 0) is 14.8 Å². The molecule has 0 aromatic heterocycles. The van der Waals surface area contributed by atoms with E-state index in [2.05, 4.69) is 0 Å². The molecule has 1 aliphatic heterocycles. The molecule has 1 aliphatic rings. The number of nitrogens with zero attached hydrogens (tertiary/aromatic N) is 1. The Labute approximate surface area is 168 Å². The molecule has 2 N–H and O–H groups in total. The van der Waals surface area contributed by atoms with Crippen LogP contribution in [0.4, 0.5) is 8.78 Å². The van der Waals surface area contributed by atoms with Gasteiger partial charge in [0.2, 0.25) is 15.9 Å². The summed E-state index contributed by atoms with van der Waals surface area (Å²) in [6, 6.07) is 11.8.